The van der Waals surface area contributed by atoms with Crippen LogP contribution in [0.25, 0.3) is 0 Å². The normalized spacial score (nSPS) is 12.7. The van der Waals surface area contributed by atoms with Crippen LogP contribution in [0.15, 0.2) is 32.7 Å². The van der Waals surface area contributed by atoms with E-state index in [1.165, 1.54) is 6.07 Å². The van der Waals surface area contributed by atoms with Gasteiger partial charge in [-0.25, -0.2) is 4.39 Å². The third-order valence-electron chi connectivity index (χ3n) is 2.29. The van der Waals surface area contributed by atoms with Crippen molar-refractivity contribution in [2.24, 2.45) is 5.73 Å². The molecule has 4 nitrogen and oxygen atoms in total. The molecule has 0 spiro atoms. The minimum absolute atomic E-state index is 0.0319. The van der Waals surface area contributed by atoms with Gasteiger partial charge >= 0.3 is 0 Å². The molecule has 1 aromatic heterocycles. The van der Waals surface area contributed by atoms with Gasteiger partial charge in [-0.1, -0.05) is 12.1 Å². The molecular formula is C12H14FN3OS. The van der Waals surface area contributed by atoms with E-state index in [1.54, 1.807) is 13.0 Å². The molecule has 18 heavy (non-hydrogen) atoms. The maximum atomic E-state index is 13.8. The SMILES string of the molecule is Cc1nnc(Sc2c(F)cccc2CC(C)N)o1. The average molecular weight is 267 g/mol. The lowest BCUT2D eigenvalue weighted by atomic mass is 10.1. The molecule has 2 N–H and O–H groups in total. The van der Waals surface area contributed by atoms with Crippen molar-refractivity contribution in [2.45, 2.75) is 36.4 Å². The van der Waals surface area contributed by atoms with E-state index >= 15 is 0 Å². The summed E-state index contributed by atoms with van der Waals surface area (Å²) in [6, 6.07) is 4.92. The van der Waals surface area contributed by atoms with Gasteiger partial charge < -0.3 is 10.2 Å². The molecule has 0 radical (unpaired) electrons. The predicted molar refractivity (Wildman–Crippen MR) is 66.9 cm³/mol. The zero-order valence-electron chi connectivity index (χ0n) is 10.2. The van der Waals surface area contributed by atoms with Crippen LogP contribution in [0.1, 0.15) is 18.4 Å². The monoisotopic (exact) mass is 267 g/mol. The van der Waals surface area contributed by atoms with Crippen LogP contribution in [0.4, 0.5) is 4.39 Å². The van der Waals surface area contributed by atoms with Crippen LogP contribution in [0, 0.1) is 12.7 Å². The Morgan fingerprint density at radius 2 is 2.22 bits per heavy atom. The van der Waals surface area contributed by atoms with Gasteiger partial charge in [0.25, 0.3) is 5.22 Å². The molecule has 0 bridgehead atoms. The lowest BCUT2D eigenvalue weighted by Gasteiger charge is -2.10. The standard InChI is InChI=1S/C12H14FN3OS/c1-7(14)6-9-4-3-5-10(13)11(9)18-12-16-15-8(2)17-12/h3-5,7H,6,14H2,1-2H3. The van der Waals surface area contributed by atoms with Crippen LogP contribution < -0.4 is 5.73 Å². The molecular weight excluding hydrogens is 253 g/mol. The van der Waals surface area contributed by atoms with Gasteiger partial charge in [0.2, 0.25) is 5.89 Å². The number of nitrogens with two attached hydrogens (primary N) is 1. The van der Waals surface area contributed by atoms with Crippen LogP contribution in [-0.2, 0) is 6.42 Å². The fraction of sp³-hybridized carbons (Fsp3) is 0.333. The highest BCUT2D eigenvalue weighted by Gasteiger charge is 2.14. The number of halogens is 1. The largest absolute Gasteiger partial charge is 0.416 e. The summed E-state index contributed by atoms with van der Waals surface area (Å²) >= 11 is 1.13. The molecule has 0 aliphatic carbocycles. The second-order valence-electron chi connectivity index (χ2n) is 4.10. The van der Waals surface area contributed by atoms with Gasteiger partial charge in [-0.3, -0.25) is 0 Å². The quantitative estimate of drug-likeness (QED) is 0.922. The Hall–Kier alpha value is -1.40. The Labute approximate surface area is 109 Å². The first-order valence-electron chi connectivity index (χ1n) is 5.57. The number of nitrogens with zero attached hydrogens (tertiary/aromatic N) is 2. The number of benzene rings is 1. The molecule has 0 saturated heterocycles. The van der Waals surface area contributed by atoms with Crippen LogP contribution in [0.5, 0.6) is 0 Å². The second kappa shape index (κ2) is 5.49. The minimum atomic E-state index is -0.297. The second-order valence-corrected chi connectivity index (χ2v) is 5.06. The zero-order chi connectivity index (χ0) is 13.1. The number of aromatic nitrogens is 2. The van der Waals surface area contributed by atoms with Gasteiger partial charge in [-0.2, -0.15) is 0 Å². The summed E-state index contributed by atoms with van der Waals surface area (Å²) in [5.41, 5.74) is 6.61. The molecule has 2 aromatic rings. The molecule has 1 aromatic carbocycles. The average Bonchev–Trinajstić information content (AvgIpc) is 2.68. The molecule has 0 aliphatic rings. The van der Waals surface area contributed by atoms with Gasteiger partial charge in [0, 0.05) is 13.0 Å². The van der Waals surface area contributed by atoms with E-state index in [9.17, 15) is 4.39 Å². The maximum absolute atomic E-state index is 13.8. The van der Waals surface area contributed by atoms with Crippen LogP contribution in [0.2, 0.25) is 0 Å². The molecule has 96 valence electrons. The number of rotatable bonds is 4. The van der Waals surface area contributed by atoms with E-state index < -0.39 is 0 Å². The Morgan fingerprint density at radius 1 is 1.44 bits per heavy atom. The first-order chi connectivity index (χ1) is 8.56. The van der Waals surface area contributed by atoms with Crippen molar-refractivity contribution >= 4 is 11.8 Å². The maximum Gasteiger partial charge on any atom is 0.281 e. The minimum Gasteiger partial charge on any atom is -0.416 e. The lowest BCUT2D eigenvalue weighted by Crippen LogP contribution is -2.18. The molecule has 0 aliphatic heterocycles. The van der Waals surface area contributed by atoms with E-state index in [2.05, 4.69) is 10.2 Å². The molecule has 2 rings (SSSR count). The van der Waals surface area contributed by atoms with Gasteiger partial charge in [-0.05, 0) is 36.7 Å². The summed E-state index contributed by atoms with van der Waals surface area (Å²) in [7, 11) is 0. The number of hydrogen-bond acceptors (Lipinski definition) is 5. The third kappa shape index (κ3) is 3.08. The molecule has 0 fully saturated rings. The highest BCUT2D eigenvalue weighted by atomic mass is 32.2. The van der Waals surface area contributed by atoms with Crippen molar-refractivity contribution in [3.05, 3.63) is 35.5 Å². The first kappa shape index (κ1) is 13.0. The van der Waals surface area contributed by atoms with E-state index in [4.69, 9.17) is 10.2 Å². The van der Waals surface area contributed by atoms with Gasteiger partial charge in [0.15, 0.2) is 0 Å². The molecule has 1 heterocycles. The van der Waals surface area contributed by atoms with E-state index in [0.717, 1.165) is 17.3 Å². The Bertz CT molecular complexity index is 542. The van der Waals surface area contributed by atoms with Crippen molar-refractivity contribution in [3.63, 3.8) is 0 Å². The van der Waals surface area contributed by atoms with Crippen LogP contribution >= 0.6 is 11.8 Å². The molecule has 0 amide bonds. The van der Waals surface area contributed by atoms with E-state index in [-0.39, 0.29) is 11.9 Å². The van der Waals surface area contributed by atoms with Gasteiger partial charge in [0.05, 0.1) is 4.90 Å². The molecule has 1 unspecified atom stereocenters. The van der Waals surface area contributed by atoms with Crippen molar-refractivity contribution in [1.29, 1.82) is 0 Å². The fourth-order valence-electron chi connectivity index (χ4n) is 1.58. The summed E-state index contributed by atoms with van der Waals surface area (Å²) in [5.74, 6) is 0.164. The number of aryl methyl sites for hydroxylation is 1. The Kier molecular flexibility index (Phi) is 3.98. The van der Waals surface area contributed by atoms with E-state index in [0.29, 0.717) is 22.4 Å². The van der Waals surface area contributed by atoms with Crippen molar-refractivity contribution in [1.82, 2.24) is 10.2 Å². The predicted octanol–water partition coefficient (Wildman–Crippen LogP) is 2.56. The summed E-state index contributed by atoms with van der Waals surface area (Å²) in [6.45, 7) is 3.58. The zero-order valence-corrected chi connectivity index (χ0v) is 11.0. The third-order valence-corrected chi connectivity index (χ3v) is 3.29. The summed E-state index contributed by atoms with van der Waals surface area (Å²) < 4.78 is 19.1. The first-order valence-corrected chi connectivity index (χ1v) is 6.39. The Morgan fingerprint density at radius 3 is 2.83 bits per heavy atom. The smallest absolute Gasteiger partial charge is 0.281 e. The van der Waals surface area contributed by atoms with Crippen molar-refractivity contribution < 1.29 is 8.81 Å². The highest BCUT2D eigenvalue weighted by molar-refractivity contribution is 7.99. The summed E-state index contributed by atoms with van der Waals surface area (Å²) in [5, 5.41) is 7.91. The molecule has 0 saturated carbocycles. The van der Waals surface area contributed by atoms with Crippen molar-refractivity contribution in [2.75, 3.05) is 0 Å². The Balaban J connectivity index is 2.30. The summed E-state index contributed by atoms with van der Waals surface area (Å²) in [6.07, 6.45) is 0.604. The summed E-state index contributed by atoms with van der Waals surface area (Å²) in [4.78, 5) is 0.499. The lowest BCUT2D eigenvalue weighted by molar-refractivity contribution is 0.428. The van der Waals surface area contributed by atoms with Crippen molar-refractivity contribution in [3.8, 4) is 0 Å². The number of hydrogen-bond donors (Lipinski definition) is 1. The van der Waals surface area contributed by atoms with Gasteiger partial charge in [0.1, 0.15) is 5.82 Å². The molecule has 1 atom stereocenters. The van der Waals surface area contributed by atoms with E-state index in [1.807, 2.05) is 13.0 Å². The highest BCUT2D eigenvalue weighted by Crippen LogP contribution is 2.32. The van der Waals surface area contributed by atoms with Crippen LogP contribution in [0.3, 0.4) is 0 Å². The van der Waals surface area contributed by atoms with Gasteiger partial charge in [-0.15, -0.1) is 10.2 Å². The topological polar surface area (TPSA) is 64.9 Å². The fourth-order valence-corrected chi connectivity index (χ4v) is 2.45. The molecule has 6 heteroatoms. The van der Waals surface area contributed by atoms with Crippen LogP contribution in [-0.4, -0.2) is 16.2 Å².